The number of nitrogens with zero attached hydrogens (tertiary/aromatic N) is 3. The van der Waals surface area contributed by atoms with E-state index in [0.717, 1.165) is 16.9 Å². The molecule has 4 rings (SSSR count). The molecule has 1 aliphatic heterocycles. The zero-order chi connectivity index (χ0) is 27.3. The summed E-state index contributed by atoms with van der Waals surface area (Å²) in [7, 11) is 0. The first-order valence-corrected chi connectivity index (χ1v) is 12.6. The average molecular weight is 523 g/mol. The predicted molar refractivity (Wildman–Crippen MR) is 137 cm³/mol. The van der Waals surface area contributed by atoms with Crippen molar-refractivity contribution in [1.29, 1.82) is 0 Å². The Kier molecular flexibility index (Phi) is 8.09. The minimum Gasteiger partial charge on any atom is -0.494 e. The monoisotopic (exact) mass is 522 g/mol. The van der Waals surface area contributed by atoms with E-state index in [2.05, 4.69) is 10.4 Å². The normalized spacial score (nSPS) is 16.6. The molecule has 2 amide bonds. The molecule has 38 heavy (non-hydrogen) atoms. The molecule has 200 valence electrons. The lowest BCUT2D eigenvalue weighted by Gasteiger charge is -2.43. The SMILES string of the molecule is CCOC(=O)c1cc2n(n1)CC(C)(C(=O)NCc1ccc(F)cc1)N(CCc1ccc(OCC)cc1)C2=O. The van der Waals surface area contributed by atoms with Crippen molar-refractivity contribution >= 4 is 17.8 Å². The number of hydrogen-bond donors (Lipinski definition) is 1. The van der Waals surface area contributed by atoms with Crippen molar-refractivity contribution < 1.29 is 28.2 Å². The average Bonchev–Trinajstić information content (AvgIpc) is 3.33. The summed E-state index contributed by atoms with van der Waals surface area (Å²) in [6, 6.07) is 14.8. The first-order valence-electron chi connectivity index (χ1n) is 12.6. The van der Waals surface area contributed by atoms with Gasteiger partial charge in [-0.3, -0.25) is 14.3 Å². The fraction of sp³-hybridized carbons (Fsp3) is 0.357. The molecule has 0 bridgehead atoms. The lowest BCUT2D eigenvalue weighted by atomic mass is 9.94. The van der Waals surface area contributed by atoms with Crippen LogP contribution in [0.3, 0.4) is 0 Å². The minimum atomic E-state index is -1.30. The highest BCUT2D eigenvalue weighted by Gasteiger charge is 2.48. The number of carbonyl (C=O) groups is 3. The van der Waals surface area contributed by atoms with Gasteiger partial charge in [-0.1, -0.05) is 24.3 Å². The number of halogens is 1. The lowest BCUT2D eigenvalue weighted by Crippen LogP contribution is -2.64. The van der Waals surface area contributed by atoms with E-state index in [-0.39, 0.29) is 49.4 Å². The summed E-state index contributed by atoms with van der Waals surface area (Å²) in [4.78, 5) is 41.0. The Hall–Kier alpha value is -4.21. The van der Waals surface area contributed by atoms with Gasteiger partial charge in [0, 0.05) is 19.2 Å². The molecule has 1 unspecified atom stereocenters. The number of amides is 2. The van der Waals surface area contributed by atoms with Crippen LogP contribution in [0.2, 0.25) is 0 Å². The molecule has 9 nitrogen and oxygen atoms in total. The van der Waals surface area contributed by atoms with E-state index in [1.807, 2.05) is 31.2 Å². The number of aromatic nitrogens is 2. The molecule has 0 radical (unpaired) electrons. The highest BCUT2D eigenvalue weighted by atomic mass is 19.1. The van der Waals surface area contributed by atoms with Crippen LogP contribution >= 0.6 is 0 Å². The number of fused-ring (bicyclic) bond motifs is 1. The number of ether oxygens (including phenoxy) is 2. The van der Waals surface area contributed by atoms with Gasteiger partial charge in [-0.05, 0) is 62.6 Å². The van der Waals surface area contributed by atoms with Crippen LogP contribution in [-0.4, -0.2) is 57.8 Å². The van der Waals surface area contributed by atoms with Gasteiger partial charge in [0.25, 0.3) is 5.91 Å². The third-order valence-corrected chi connectivity index (χ3v) is 6.50. The molecule has 1 atom stereocenters. The minimum absolute atomic E-state index is 0.0117. The molecule has 0 saturated carbocycles. The van der Waals surface area contributed by atoms with E-state index in [0.29, 0.717) is 13.0 Å². The van der Waals surface area contributed by atoms with E-state index in [1.54, 1.807) is 26.0 Å². The van der Waals surface area contributed by atoms with Crippen LogP contribution in [0.1, 0.15) is 52.9 Å². The van der Waals surface area contributed by atoms with Gasteiger partial charge in [-0.25, -0.2) is 9.18 Å². The number of hydrogen-bond acceptors (Lipinski definition) is 6. The number of benzene rings is 2. The molecule has 3 aromatic rings. The molecular weight excluding hydrogens is 491 g/mol. The van der Waals surface area contributed by atoms with E-state index < -0.39 is 17.4 Å². The molecule has 2 aromatic carbocycles. The van der Waals surface area contributed by atoms with Crippen molar-refractivity contribution in [2.45, 2.75) is 45.8 Å². The third kappa shape index (κ3) is 5.69. The molecule has 0 saturated heterocycles. The molecule has 0 aliphatic carbocycles. The molecule has 10 heteroatoms. The van der Waals surface area contributed by atoms with Gasteiger partial charge in [0.15, 0.2) is 5.69 Å². The largest absolute Gasteiger partial charge is 0.494 e. The van der Waals surface area contributed by atoms with Gasteiger partial charge < -0.3 is 19.7 Å². The van der Waals surface area contributed by atoms with E-state index >= 15 is 0 Å². The van der Waals surface area contributed by atoms with Crippen molar-refractivity contribution in [1.82, 2.24) is 20.0 Å². The third-order valence-electron chi connectivity index (χ3n) is 6.50. The van der Waals surface area contributed by atoms with Crippen molar-refractivity contribution in [3.8, 4) is 5.75 Å². The van der Waals surface area contributed by atoms with Crippen LogP contribution in [0.5, 0.6) is 5.75 Å². The van der Waals surface area contributed by atoms with Crippen LogP contribution in [-0.2, 0) is 29.0 Å². The maximum absolute atomic E-state index is 13.7. The van der Waals surface area contributed by atoms with E-state index in [1.165, 1.54) is 27.8 Å². The number of nitrogens with one attached hydrogen (secondary N) is 1. The number of rotatable bonds is 10. The fourth-order valence-electron chi connectivity index (χ4n) is 4.43. The Labute approximate surface area is 220 Å². The Balaban J connectivity index is 1.59. The van der Waals surface area contributed by atoms with Crippen molar-refractivity contribution in [3.05, 3.63) is 82.9 Å². The Morgan fingerprint density at radius 1 is 1.05 bits per heavy atom. The summed E-state index contributed by atoms with van der Waals surface area (Å²) < 4.78 is 25.2. The number of carbonyl (C=O) groups excluding carboxylic acids is 3. The molecule has 0 fully saturated rings. The van der Waals surface area contributed by atoms with E-state index in [4.69, 9.17) is 9.47 Å². The Bertz CT molecular complexity index is 1310. The molecule has 2 heterocycles. The van der Waals surface area contributed by atoms with Gasteiger partial charge in [-0.15, -0.1) is 0 Å². The van der Waals surface area contributed by atoms with E-state index in [9.17, 15) is 18.8 Å². The van der Waals surface area contributed by atoms with Crippen LogP contribution < -0.4 is 10.1 Å². The van der Waals surface area contributed by atoms with Gasteiger partial charge in [0.05, 0.1) is 19.8 Å². The maximum Gasteiger partial charge on any atom is 0.358 e. The Morgan fingerprint density at radius 3 is 2.39 bits per heavy atom. The summed E-state index contributed by atoms with van der Waals surface area (Å²) in [5, 5.41) is 7.14. The second kappa shape index (κ2) is 11.5. The highest BCUT2D eigenvalue weighted by molar-refractivity contribution is 6.01. The standard InChI is InChI=1S/C28H31FN4O5/c1-4-37-22-12-8-19(9-13-22)14-15-32-25(34)24-16-23(26(35)38-5-2)31-33(24)18-28(32,3)27(36)30-17-20-6-10-21(29)11-7-20/h6-13,16H,4-5,14-15,17-18H2,1-3H3,(H,30,36). The first-order chi connectivity index (χ1) is 18.2. The topological polar surface area (TPSA) is 103 Å². The van der Waals surface area contributed by atoms with Crippen LogP contribution in [0.15, 0.2) is 54.6 Å². The molecule has 1 aliphatic rings. The highest BCUT2D eigenvalue weighted by Crippen LogP contribution is 2.28. The van der Waals surface area contributed by atoms with Gasteiger partial charge in [0.2, 0.25) is 5.91 Å². The molecule has 1 aromatic heterocycles. The molecular formula is C28H31FN4O5. The van der Waals surface area contributed by atoms with Gasteiger partial charge >= 0.3 is 5.97 Å². The lowest BCUT2D eigenvalue weighted by molar-refractivity contribution is -0.133. The predicted octanol–water partition coefficient (Wildman–Crippen LogP) is 3.37. The quantitative estimate of drug-likeness (QED) is 0.410. The Morgan fingerprint density at radius 2 is 1.74 bits per heavy atom. The van der Waals surface area contributed by atoms with Crippen molar-refractivity contribution in [3.63, 3.8) is 0 Å². The summed E-state index contributed by atoms with van der Waals surface area (Å²) in [6.07, 6.45) is 0.498. The molecule has 0 spiro atoms. The molecule has 1 N–H and O–H groups in total. The second-order valence-electron chi connectivity index (χ2n) is 9.16. The van der Waals surface area contributed by atoms with Crippen molar-refractivity contribution in [2.24, 2.45) is 0 Å². The summed E-state index contributed by atoms with van der Waals surface area (Å²) >= 11 is 0. The summed E-state index contributed by atoms with van der Waals surface area (Å²) in [6.45, 7) is 6.48. The van der Waals surface area contributed by atoms with Crippen LogP contribution in [0.4, 0.5) is 4.39 Å². The zero-order valence-corrected chi connectivity index (χ0v) is 21.7. The fourth-order valence-corrected chi connectivity index (χ4v) is 4.43. The van der Waals surface area contributed by atoms with Gasteiger partial charge in [0.1, 0.15) is 22.8 Å². The number of esters is 1. The first kappa shape index (κ1) is 26.8. The van der Waals surface area contributed by atoms with Crippen LogP contribution in [0.25, 0.3) is 0 Å². The summed E-state index contributed by atoms with van der Waals surface area (Å²) in [5.41, 5.74) is 0.617. The van der Waals surface area contributed by atoms with Crippen molar-refractivity contribution in [2.75, 3.05) is 19.8 Å². The van der Waals surface area contributed by atoms with Gasteiger partial charge in [-0.2, -0.15) is 5.10 Å². The zero-order valence-electron chi connectivity index (χ0n) is 21.7. The maximum atomic E-state index is 13.7. The van der Waals surface area contributed by atoms with Crippen LogP contribution in [0, 0.1) is 5.82 Å². The summed E-state index contributed by atoms with van der Waals surface area (Å²) in [5.74, 6) is -1.05. The second-order valence-corrected chi connectivity index (χ2v) is 9.16. The smallest absolute Gasteiger partial charge is 0.358 e.